The minimum absolute atomic E-state index is 0.196. The molecule has 0 spiro atoms. The molecule has 0 radical (unpaired) electrons. The largest absolute Gasteiger partial charge is 0.330 e. The summed E-state index contributed by atoms with van der Waals surface area (Å²) in [5.41, 5.74) is 1.51. The van der Waals surface area contributed by atoms with Gasteiger partial charge in [-0.05, 0) is 24.3 Å². The van der Waals surface area contributed by atoms with E-state index in [4.69, 9.17) is 0 Å². The molecule has 2 aromatic carbocycles. The second-order valence-corrected chi connectivity index (χ2v) is 5.20. The molecule has 0 aliphatic carbocycles. The summed E-state index contributed by atoms with van der Waals surface area (Å²) in [6.45, 7) is 0. The Balaban J connectivity index is 1.67. The molecule has 0 atom stereocenters. The van der Waals surface area contributed by atoms with Crippen LogP contribution in [0.3, 0.4) is 0 Å². The lowest BCUT2D eigenvalue weighted by Gasteiger charge is -2.00. The van der Waals surface area contributed by atoms with Crippen LogP contribution < -0.4 is 10.6 Å². The molecule has 1 aromatic heterocycles. The smallest absolute Gasteiger partial charge is 0.257 e. The van der Waals surface area contributed by atoms with E-state index in [9.17, 15) is 4.79 Å². The Hall–Kier alpha value is -2.73. The number of nitrogens with zero attached hydrogens (tertiary/aromatic N) is 2. The van der Waals surface area contributed by atoms with Crippen LogP contribution in [0.25, 0.3) is 0 Å². The number of anilines is 3. The van der Waals surface area contributed by atoms with Crippen molar-refractivity contribution in [2.45, 2.75) is 0 Å². The van der Waals surface area contributed by atoms with E-state index >= 15 is 0 Å². The van der Waals surface area contributed by atoms with Crippen molar-refractivity contribution in [2.75, 3.05) is 10.6 Å². The summed E-state index contributed by atoms with van der Waals surface area (Å²) in [6, 6.07) is 18.7. The van der Waals surface area contributed by atoms with Crippen LogP contribution in [0.15, 0.2) is 60.7 Å². The van der Waals surface area contributed by atoms with E-state index in [0.29, 0.717) is 15.8 Å². The highest BCUT2D eigenvalue weighted by atomic mass is 32.1. The Kier molecular flexibility index (Phi) is 3.88. The van der Waals surface area contributed by atoms with Crippen molar-refractivity contribution in [1.82, 2.24) is 10.2 Å². The van der Waals surface area contributed by atoms with Crippen LogP contribution in [0, 0.1) is 0 Å². The van der Waals surface area contributed by atoms with Gasteiger partial charge in [-0.15, -0.1) is 10.2 Å². The molecule has 0 aliphatic rings. The van der Waals surface area contributed by atoms with Gasteiger partial charge in [0.15, 0.2) is 0 Å². The Morgan fingerprint density at radius 1 is 0.857 bits per heavy atom. The number of hydrogen-bond acceptors (Lipinski definition) is 5. The molecule has 0 saturated heterocycles. The van der Waals surface area contributed by atoms with Crippen molar-refractivity contribution < 1.29 is 4.79 Å². The highest BCUT2D eigenvalue weighted by Crippen LogP contribution is 2.23. The van der Waals surface area contributed by atoms with Crippen LogP contribution >= 0.6 is 11.3 Å². The minimum atomic E-state index is -0.196. The van der Waals surface area contributed by atoms with Gasteiger partial charge in [-0.1, -0.05) is 47.7 Å². The standard InChI is InChI=1S/C15H12N4OS/c20-13(11-7-3-1-4-8-11)17-15-19-18-14(21-15)16-12-9-5-2-6-10-12/h1-10H,(H,16,18)(H,17,19,20). The molecule has 2 N–H and O–H groups in total. The molecule has 6 heteroatoms. The highest BCUT2D eigenvalue weighted by molar-refractivity contribution is 7.19. The summed E-state index contributed by atoms with van der Waals surface area (Å²) >= 11 is 1.29. The van der Waals surface area contributed by atoms with E-state index in [2.05, 4.69) is 20.8 Å². The lowest BCUT2D eigenvalue weighted by atomic mass is 10.2. The molecule has 1 heterocycles. The summed E-state index contributed by atoms with van der Waals surface area (Å²) in [7, 11) is 0. The molecule has 0 saturated carbocycles. The SMILES string of the molecule is O=C(Nc1nnc(Nc2ccccc2)s1)c1ccccc1. The van der Waals surface area contributed by atoms with Gasteiger partial charge in [0.1, 0.15) is 0 Å². The fraction of sp³-hybridized carbons (Fsp3) is 0. The topological polar surface area (TPSA) is 66.9 Å². The summed E-state index contributed by atoms with van der Waals surface area (Å²) in [4.78, 5) is 12.0. The first-order valence-corrected chi connectivity index (χ1v) is 7.15. The first kappa shape index (κ1) is 13.3. The molecule has 5 nitrogen and oxygen atoms in total. The zero-order valence-electron chi connectivity index (χ0n) is 11.0. The van der Waals surface area contributed by atoms with Crippen LogP contribution in [0.2, 0.25) is 0 Å². The maximum atomic E-state index is 12.0. The molecule has 3 rings (SSSR count). The van der Waals surface area contributed by atoms with Gasteiger partial charge in [0, 0.05) is 11.3 Å². The number of carbonyl (C=O) groups is 1. The van der Waals surface area contributed by atoms with E-state index in [1.165, 1.54) is 11.3 Å². The number of rotatable bonds is 4. The van der Waals surface area contributed by atoms with Gasteiger partial charge in [-0.25, -0.2) is 0 Å². The Labute approximate surface area is 125 Å². The Bertz CT molecular complexity index is 728. The molecule has 3 aromatic rings. The van der Waals surface area contributed by atoms with E-state index in [0.717, 1.165) is 5.69 Å². The number of carbonyl (C=O) groups excluding carboxylic acids is 1. The van der Waals surface area contributed by atoms with Crippen molar-refractivity contribution in [3.05, 3.63) is 66.2 Å². The maximum Gasteiger partial charge on any atom is 0.257 e. The van der Waals surface area contributed by atoms with Gasteiger partial charge in [-0.3, -0.25) is 10.1 Å². The lowest BCUT2D eigenvalue weighted by Crippen LogP contribution is -2.11. The van der Waals surface area contributed by atoms with Crippen LogP contribution in [-0.2, 0) is 0 Å². The molecule has 21 heavy (non-hydrogen) atoms. The summed E-state index contributed by atoms with van der Waals surface area (Å²) < 4.78 is 0. The number of para-hydroxylation sites is 1. The number of nitrogens with one attached hydrogen (secondary N) is 2. The van der Waals surface area contributed by atoms with Crippen LogP contribution in [0.5, 0.6) is 0 Å². The number of aromatic nitrogens is 2. The van der Waals surface area contributed by atoms with Gasteiger partial charge in [0.05, 0.1) is 0 Å². The molecule has 0 bridgehead atoms. The third kappa shape index (κ3) is 3.43. The van der Waals surface area contributed by atoms with Gasteiger partial charge >= 0.3 is 0 Å². The molecule has 0 aliphatic heterocycles. The fourth-order valence-electron chi connectivity index (χ4n) is 1.73. The monoisotopic (exact) mass is 296 g/mol. The second-order valence-electron chi connectivity index (χ2n) is 4.22. The van der Waals surface area contributed by atoms with Crippen molar-refractivity contribution in [3.63, 3.8) is 0 Å². The average molecular weight is 296 g/mol. The Morgan fingerprint density at radius 2 is 1.48 bits per heavy atom. The van der Waals surface area contributed by atoms with Gasteiger partial charge in [0.25, 0.3) is 5.91 Å². The summed E-state index contributed by atoms with van der Waals surface area (Å²) in [5, 5.41) is 14.9. The molecular weight excluding hydrogens is 284 g/mol. The molecule has 104 valence electrons. The van der Waals surface area contributed by atoms with E-state index in [1.54, 1.807) is 12.1 Å². The minimum Gasteiger partial charge on any atom is -0.330 e. The van der Waals surface area contributed by atoms with Gasteiger partial charge < -0.3 is 5.32 Å². The zero-order chi connectivity index (χ0) is 14.5. The highest BCUT2D eigenvalue weighted by Gasteiger charge is 2.09. The number of benzene rings is 2. The third-order valence-electron chi connectivity index (χ3n) is 2.71. The summed E-state index contributed by atoms with van der Waals surface area (Å²) in [6.07, 6.45) is 0. The van der Waals surface area contributed by atoms with Crippen molar-refractivity contribution in [1.29, 1.82) is 0 Å². The molecule has 1 amide bonds. The number of amides is 1. The first-order chi connectivity index (χ1) is 10.3. The predicted octanol–water partition coefficient (Wildman–Crippen LogP) is 3.53. The molecule has 0 fully saturated rings. The third-order valence-corrected chi connectivity index (χ3v) is 3.46. The fourth-order valence-corrected chi connectivity index (χ4v) is 2.39. The van der Waals surface area contributed by atoms with Crippen LogP contribution in [0.4, 0.5) is 16.0 Å². The van der Waals surface area contributed by atoms with Crippen LogP contribution in [0.1, 0.15) is 10.4 Å². The zero-order valence-corrected chi connectivity index (χ0v) is 11.8. The van der Waals surface area contributed by atoms with Gasteiger partial charge in [0.2, 0.25) is 10.3 Å². The lowest BCUT2D eigenvalue weighted by molar-refractivity contribution is 0.102. The Morgan fingerprint density at radius 3 is 2.19 bits per heavy atom. The van der Waals surface area contributed by atoms with E-state index in [-0.39, 0.29) is 5.91 Å². The number of hydrogen-bond donors (Lipinski definition) is 2. The van der Waals surface area contributed by atoms with Crippen molar-refractivity contribution in [3.8, 4) is 0 Å². The van der Waals surface area contributed by atoms with Crippen molar-refractivity contribution in [2.24, 2.45) is 0 Å². The summed E-state index contributed by atoms with van der Waals surface area (Å²) in [5.74, 6) is -0.196. The van der Waals surface area contributed by atoms with Crippen LogP contribution in [-0.4, -0.2) is 16.1 Å². The normalized spacial score (nSPS) is 10.1. The van der Waals surface area contributed by atoms with Crippen molar-refractivity contribution >= 4 is 33.2 Å². The second kappa shape index (κ2) is 6.15. The quantitative estimate of drug-likeness (QED) is 0.773. The average Bonchev–Trinajstić information content (AvgIpc) is 2.96. The maximum absolute atomic E-state index is 12.0. The van der Waals surface area contributed by atoms with Gasteiger partial charge in [-0.2, -0.15) is 0 Å². The van der Waals surface area contributed by atoms with E-state index < -0.39 is 0 Å². The molecule has 0 unspecified atom stereocenters. The molecular formula is C15H12N4OS. The van der Waals surface area contributed by atoms with E-state index in [1.807, 2.05) is 48.5 Å². The first-order valence-electron chi connectivity index (χ1n) is 6.33. The predicted molar refractivity (Wildman–Crippen MR) is 84.0 cm³/mol.